The highest BCUT2D eigenvalue weighted by molar-refractivity contribution is 5.67. The van der Waals surface area contributed by atoms with Crippen molar-refractivity contribution in [1.82, 2.24) is 0 Å². The van der Waals surface area contributed by atoms with Gasteiger partial charge in [-0.3, -0.25) is 9.59 Å². The van der Waals surface area contributed by atoms with Crippen LogP contribution in [-0.2, 0) is 26.2 Å². The zero-order valence-electron chi connectivity index (χ0n) is 25.8. The Bertz CT molecular complexity index is 974. The van der Waals surface area contributed by atoms with Crippen molar-refractivity contribution >= 4 is 18.2 Å². The number of carboxylic acids is 2. The average molecular weight is 567 g/mol. The van der Waals surface area contributed by atoms with Gasteiger partial charge in [-0.25, -0.2) is 0 Å². The molecule has 0 saturated heterocycles. The summed E-state index contributed by atoms with van der Waals surface area (Å²) < 4.78 is 0. The number of unbranched alkanes of at least 4 members (excludes halogenated alkanes) is 6. The number of carbonyl (C=O) groups excluding carboxylic acids is 1. The Morgan fingerprint density at radius 1 is 0.683 bits per heavy atom. The zero-order chi connectivity index (χ0) is 30.4. The third-order valence-electron chi connectivity index (χ3n) is 8.35. The summed E-state index contributed by atoms with van der Waals surface area (Å²) in [7, 11) is 0. The molecule has 41 heavy (non-hydrogen) atoms. The molecular formula is C36H54O5. The fraction of sp³-hybridized carbons (Fsp3) is 0.583. The second kappa shape index (κ2) is 20.9. The number of aldehydes is 1. The van der Waals surface area contributed by atoms with E-state index in [9.17, 15) is 14.4 Å². The van der Waals surface area contributed by atoms with Crippen LogP contribution in [0.5, 0.6) is 0 Å². The van der Waals surface area contributed by atoms with Crippen molar-refractivity contribution in [3.8, 4) is 0 Å². The third-order valence-corrected chi connectivity index (χ3v) is 8.35. The third kappa shape index (κ3) is 16.8. The first kappa shape index (κ1) is 36.1. The number of hydrogen-bond acceptors (Lipinski definition) is 3. The highest BCUT2D eigenvalue weighted by Crippen LogP contribution is 2.36. The number of carboxylic acid groups (broad SMARTS) is 2. The highest BCUT2D eigenvalue weighted by Gasteiger charge is 2.27. The summed E-state index contributed by atoms with van der Waals surface area (Å²) in [4.78, 5) is 32.0. The van der Waals surface area contributed by atoms with Gasteiger partial charge in [-0.1, -0.05) is 120 Å². The molecule has 2 aromatic rings. The Labute approximate surface area is 248 Å². The summed E-state index contributed by atoms with van der Waals surface area (Å²) in [5.41, 5.74) is 2.62. The van der Waals surface area contributed by atoms with Crippen molar-refractivity contribution in [1.29, 1.82) is 0 Å². The Hall–Kier alpha value is -2.95. The van der Waals surface area contributed by atoms with Gasteiger partial charge in [0.25, 0.3) is 0 Å². The van der Waals surface area contributed by atoms with Gasteiger partial charge in [-0.05, 0) is 66.9 Å². The van der Waals surface area contributed by atoms with Crippen LogP contribution >= 0.6 is 0 Å². The van der Waals surface area contributed by atoms with Crippen LogP contribution in [0.25, 0.3) is 0 Å². The van der Waals surface area contributed by atoms with Crippen molar-refractivity contribution in [2.24, 2.45) is 5.41 Å². The number of carbonyl (C=O) groups is 3. The smallest absolute Gasteiger partial charge is 0.303 e. The summed E-state index contributed by atoms with van der Waals surface area (Å²) >= 11 is 0. The summed E-state index contributed by atoms with van der Waals surface area (Å²) in [6, 6.07) is 20.6. The van der Waals surface area contributed by atoms with Crippen LogP contribution in [0.15, 0.2) is 60.7 Å². The van der Waals surface area contributed by atoms with E-state index in [4.69, 9.17) is 10.2 Å². The topological polar surface area (TPSA) is 91.7 Å². The van der Waals surface area contributed by atoms with Crippen molar-refractivity contribution in [3.05, 3.63) is 71.8 Å². The first-order valence-electron chi connectivity index (χ1n) is 15.6. The molecule has 2 unspecified atom stereocenters. The molecule has 2 atom stereocenters. The van der Waals surface area contributed by atoms with Crippen LogP contribution in [0.4, 0.5) is 0 Å². The first-order chi connectivity index (χ1) is 19.6. The molecule has 2 rings (SSSR count). The summed E-state index contributed by atoms with van der Waals surface area (Å²) in [6.45, 7) is 6.63. The Balaban J connectivity index is 0.000000410. The maximum Gasteiger partial charge on any atom is 0.303 e. The van der Waals surface area contributed by atoms with Gasteiger partial charge in [-0.2, -0.15) is 0 Å². The Morgan fingerprint density at radius 3 is 1.83 bits per heavy atom. The predicted octanol–water partition coefficient (Wildman–Crippen LogP) is 9.42. The van der Waals surface area contributed by atoms with E-state index in [1.54, 1.807) is 0 Å². The van der Waals surface area contributed by atoms with Crippen LogP contribution in [0, 0.1) is 5.41 Å². The molecule has 0 saturated carbocycles. The molecule has 0 aliphatic carbocycles. The lowest BCUT2D eigenvalue weighted by molar-refractivity contribution is -0.138. The van der Waals surface area contributed by atoms with E-state index in [1.165, 1.54) is 36.8 Å². The van der Waals surface area contributed by atoms with Gasteiger partial charge >= 0.3 is 11.9 Å². The molecule has 5 heteroatoms. The van der Waals surface area contributed by atoms with Gasteiger partial charge in [0, 0.05) is 19.3 Å². The number of aryl methyl sites for hydroxylation is 1. The van der Waals surface area contributed by atoms with Gasteiger partial charge in [0.15, 0.2) is 0 Å². The number of rotatable bonds is 21. The summed E-state index contributed by atoms with van der Waals surface area (Å²) in [5.74, 6) is -1.41. The van der Waals surface area contributed by atoms with E-state index >= 15 is 0 Å². The van der Waals surface area contributed by atoms with Crippen LogP contribution in [0.1, 0.15) is 128 Å². The molecule has 5 nitrogen and oxygen atoms in total. The standard InChI is InChI=1S/C19H30O2.C17H24O3/c1-3-4-5-9-14-19(2,16-13-18(20)21)15-12-17-10-7-6-8-11-17;1-17(13-11-16(19)20,12-7-2-3-8-14-18)15-9-5-4-6-10-15/h6-8,10-11H,3-5,9,12-16H2,1-2H3,(H,20,21);4-6,9-10,14H,2-3,7-8,11-13H2,1H3,(H,19,20). The van der Waals surface area contributed by atoms with E-state index in [1.807, 2.05) is 24.3 Å². The monoisotopic (exact) mass is 566 g/mol. The predicted molar refractivity (Wildman–Crippen MR) is 168 cm³/mol. The zero-order valence-corrected chi connectivity index (χ0v) is 25.8. The van der Waals surface area contributed by atoms with Gasteiger partial charge in [0.05, 0.1) is 0 Å². The normalized spacial score (nSPS) is 13.7. The van der Waals surface area contributed by atoms with E-state index in [0.717, 1.165) is 57.7 Å². The highest BCUT2D eigenvalue weighted by atomic mass is 16.4. The molecule has 2 aromatic carbocycles. The lowest BCUT2D eigenvalue weighted by Crippen LogP contribution is -2.23. The van der Waals surface area contributed by atoms with Gasteiger partial charge in [-0.15, -0.1) is 0 Å². The molecular weight excluding hydrogens is 512 g/mol. The van der Waals surface area contributed by atoms with Gasteiger partial charge in [0.1, 0.15) is 6.29 Å². The molecule has 0 aromatic heterocycles. The maximum atomic E-state index is 10.9. The van der Waals surface area contributed by atoms with E-state index in [0.29, 0.717) is 19.3 Å². The van der Waals surface area contributed by atoms with Crippen molar-refractivity contribution in [2.75, 3.05) is 0 Å². The van der Waals surface area contributed by atoms with Crippen LogP contribution in [-0.4, -0.2) is 28.4 Å². The number of benzene rings is 2. The molecule has 0 aliphatic rings. The van der Waals surface area contributed by atoms with Gasteiger partial charge < -0.3 is 15.0 Å². The lowest BCUT2D eigenvalue weighted by Gasteiger charge is -2.30. The second-order valence-corrected chi connectivity index (χ2v) is 12.1. The summed E-state index contributed by atoms with van der Waals surface area (Å²) in [6.07, 6.45) is 15.7. The molecule has 0 heterocycles. The van der Waals surface area contributed by atoms with Crippen LogP contribution < -0.4 is 0 Å². The Kier molecular flexibility index (Phi) is 18.4. The van der Waals surface area contributed by atoms with Crippen LogP contribution in [0.2, 0.25) is 0 Å². The van der Waals surface area contributed by atoms with Crippen molar-refractivity contribution in [3.63, 3.8) is 0 Å². The number of hydrogen-bond donors (Lipinski definition) is 2. The molecule has 0 bridgehead atoms. The van der Waals surface area contributed by atoms with E-state index in [-0.39, 0.29) is 17.3 Å². The minimum atomic E-state index is -0.742. The number of aliphatic carboxylic acids is 2. The molecule has 0 radical (unpaired) electrons. The SMILES string of the molecule is CC(CCCCCC=O)(CCC(=O)O)c1ccccc1.CCCCCCC(C)(CCC(=O)O)CCc1ccccc1. The fourth-order valence-corrected chi connectivity index (χ4v) is 5.41. The first-order valence-corrected chi connectivity index (χ1v) is 15.6. The minimum absolute atomic E-state index is 0.0964. The molecule has 2 N–H and O–H groups in total. The maximum absolute atomic E-state index is 10.9. The van der Waals surface area contributed by atoms with E-state index in [2.05, 4.69) is 57.2 Å². The molecule has 0 aliphatic heterocycles. The Morgan fingerprint density at radius 2 is 1.24 bits per heavy atom. The lowest BCUT2D eigenvalue weighted by atomic mass is 9.74. The van der Waals surface area contributed by atoms with E-state index < -0.39 is 11.9 Å². The van der Waals surface area contributed by atoms with Crippen LogP contribution in [0.3, 0.4) is 0 Å². The summed E-state index contributed by atoms with van der Waals surface area (Å²) in [5, 5.41) is 17.9. The molecule has 0 spiro atoms. The van der Waals surface area contributed by atoms with Crippen molar-refractivity contribution in [2.45, 2.75) is 129 Å². The molecule has 0 amide bonds. The van der Waals surface area contributed by atoms with Gasteiger partial charge in [0.2, 0.25) is 0 Å². The second-order valence-electron chi connectivity index (χ2n) is 12.1. The largest absolute Gasteiger partial charge is 0.481 e. The average Bonchev–Trinajstić information content (AvgIpc) is 2.98. The molecule has 228 valence electrons. The quantitative estimate of drug-likeness (QED) is 0.116. The van der Waals surface area contributed by atoms with Crippen molar-refractivity contribution < 1.29 is 24.6 Å². The molecule has 0 fully saturated rings. The fourth-order valence-electron chi connectivity index (χ4n) is 5.41. The minimum Gasteiger partial charge on any atom is -0.481 e.